The molecule has 2 aromatic carbocycles. The molecule has 0 saturated carbocycles. The predicted molar refractivity (Wildman–Crippen MR) is 144 cm³/mol. The minimum Gasteiger partial charge on any atom is -0.490 e. The first kappa shape index (κ1) is 28.3. The van der Waals surface area contributed by atoms with Gasteiger partial charge in [-0.15, -0.1) is 0 Å². The van der Waals surface area contributed by atoms with E-state index in [0.717, 1.165) is 11.1 Å². The van der Waals surface area contributed by atoms with Gasteiger partial charge in [0.05, 0.1) is 17.8 Å². The number of aliphatic hydroxyl groups is 2. The van der Waals surface area contributed by atoms with Gasteiger partial charge in [-0.1, -0.05) is 18.2 Å². The summed E-state index contributed by atoms with van der Waals surface area (Å²) in [4.78, 5) is 18.3. The predicted octanol–water partition coefficient (Wildman–Crippen LogP) is 2.37. The van der Waals surface area contributed by atoms with Crippen molar-refractivity contribution >= 4 is 11.6 Å². The Morgan fingerprint density at radius 2 is 1.71 bits per heavy atom. The van der Waals surface area contributed by atoms with E-state index >= 15 is 0 Å². The van der Waals surface area contributed by atoms with Crippen molar-refractivity contribution in [1.82, 2.24) is 9.80 Å². The zero-order valence-electron chi connectivity index (χ0n) is 22.7. The highest BCUT2D eigenvalue weighted by Crippen LogP contribution is 2.30. The number of para-hydroxylation sites is 1. The Hall–Kier alpha value is -2.72. The van der Waals surface area contributed by atoms with Gasteiger partial charge in [-0.2, -0.15) is 0 Å². The molecule has 2 aliphatic rings. The molecule has 2 N–H and O–H groups in total. The third-order valence-corrected chi connectivity index (χ3v) is 7.70. The Bertz CT molecular complexity index is 1110. The van der Waals surface area contributed by atoms with E-state index in [1.807, 2.05) is 47.9 Å². The zero-order valence-corrected chi connectivity index (χ0v) is 22.7. The fourth-order valence-corrected chi connectivity index (χ4v) is 5.36. The van der Waals surface area contributed by atoms with Gasteiger partial charge in [0.15, 0.2) is 0 Å². The number of amides is 1. The number of carbonyl (C=O) groups is 1. The summed E-state index contributed by atoms with van der Waals surface area (Å²) in [5.74, 6) is 0.196. The summed E-state index contributed by atoms with van der Waals surface area (Å²) < 4.78 is 25.3. The number of rotatable bonds is 8. The number of hydrogen-bond donors (Lipinski definition) is 2. The summed E-state index contributed by atoms with van der Waals surface area (Å²) in [6, 6.07) is 12.5. The van der Waals surface area contributed by atoms with Crippen LogP contribution >= 0.6 is 0 Å². The molecule has 8 nitrogen and oxygen atoms in total. The molecule has 4 rings (SSSR count). The minimum absolute atomic E-state index is 0.00224. The Kier molecular flexibility index (Phi) is 8.92. The molecule has 208 valence electrons. The molecule has 0 radical (unpaired) electrons. The maximum Gasteiger partial charge on any atom is 0.248 e. The van der Waals surface area contributed by atoms with Crippen LogP contribution in [0.25, 0.3) is 0 Å². The standard InChI is InChI=1S/C29H40FN3O5/c1-22-8-9-24(16-23(22)2)38-21-29(36)19-31(14-15-33(20-29)27(34)17-37-3)18-28(35)10-12-32(13-11-28)26-7-5-4-6-25(26)30/h4-9,16,35-36H,10-15,17-21H2,1-3H3/t29-/m1/s1. The molecule has 2 aromatic rings. The normalized spacial score (nSPS) is 22.3. The molecular weight excluding hydrogens is 489 g/mol. The Balaban J connectivity index is 1.44. The fraction of sp³-hybridized carbons (Fsp3) is 0.552. The number of β-amino-alcohol motifs (C(OH)–C–C–N with tert-alkyl or cyclic N) is 2. The number of methoxy groups -OCH3 is 1. The molecule has 1 amide bonds. The summed E-state index contributed by atoms with van der Waals surface area (Å²) >= 11 is 0. The van der Waals surface area contributed by atoms with E-state index in [9.17, 15) is 19.4 Å². The second-order valence-corrected chi connectivity index (χ2v) is 10.9. The van der Waals surface area contributed by atoms with Crippen LogP contribution in [0, 0.1) is 19.7 Å². The van der Waals surface area contributed by atoms with Crippen molar-refractivity contribution < 1.29 is 28.9 Å². The molecule has 0 aliphatic carbocycles. The number of aryl methyl sites for hydroxylation is 2. The van der Waals surface area contributed by atoms with Crippen LogP contribution in [0.2, 0.25) is 0 Å². The van der Waals surface area contributed by atoms with Crippen LogP contribution in [-0.4, -0.2) is 103 Å². The number of ether oxygens (including phenoxy) is 2. The van der Waals surface area contributed by atoms with E-state index in [4.69, 9.17) is 9.47 Å². The van der Waals surface area contributed by atoms with Crippen molar-refractivity contribution in [1.29, 1.82) is 0 Å². The van der Waals surface area contributed by atoms with E-state index in [-0.39, 0.29) is 38.0 Å². The molecule has 2 fully saturated rings. The number of anilines is 1. The molecule has 2 saturated heterocycles. The van der Waals surface area contributed by atoms with Gasteiger partial charge in [0.25, 0.3) is 0 Å². The summed E-state index contributed by atoms with van der Waals surface area (Å²) in [6.45, 7) is 6.64. The van der Waals surface area contributed by atoms with Crippen LogP contribution in [0.3, 0.4) is 0 Å². The van der Waals surface area contributed by atoms with E-state index in [1.54, 1.807) is 17.0 Å². The smallest absolute Gasteiger partial charge is 0.248 e. The molecule has 0 bridgehead atoms. The van der Waals surface area contributed by atoms with Gasteiger partial charge in [0.1, 0.15) is 30.4 Å². The fourth-order valence-electron chi connectivity index (χ4n) is 5.36. The van der Waals surface area contributed by atoms with E-state index in [0.29, 0.717) is 57.0 Å². The first-order valence-electron chi connectivity index (χ1n) is 13.2. The second-order valence-electron chi connectivity index (χ2n) is 10.9. The molecule has 0 unspecified atom stereocenters. The Morgan fingerprint density at radius 1 is 0.974 bits per heavy atom. The largest absolute Gasteiger partial charge is 0.490 e. The third kappa shape index (κ3) is 7.02. The molecule has 1 atom stereocenters. The number of nitrogens with zero attached hydrogens (tertiary/aromatic N) is 3. The van der Waals surface area contributed by atoms with Crippen LogP contribution in [-0.2, 0) is 9.53 Å². The van der Waals surface area contributed by atoms with Gasteiger partial charge in [0.2, 0.25) is 5.91 Å². The SMILES string of the molecule is COCC(=O)N1CCN(CC2(O)CCN(c3ccccc3F)CC2)C[C@](O)(COc2ccc(C)c(C)c2)C1. The Morgan fingerprint density at radius 3 is 2.39 bits per heavy atom. The lowest BCUT2D eigenvalue weighted by atomic mass is 9.90. The summed E-state index contributed by atoms with van der Waals surface area (Å²) in [6.07, 6.45) is 0.948. The van der Waals surface area contributed by atoms with E-state index in [2.05, 4.69) is 0 Å². The average Bonchev–Trinajstić information content (AvgIpc) is 3.04. The number of halogens is 1. The highest BCUT2D eigenvalue weighted by atomic mass is 19.1. The Labute approximate surface area is 224 Å². The van der Waals surface area contributed by atoms with Crippen molar-refractivity contribution in [3.63, 3.8) is 0 Å². The average molecular weight is 530 g/mol. The summed E-state index contributed by atoms with van der Waals surface area (Å²) in [5, 5.41) is 23.2. The van der Waals surface area contributed by atoms with Crippen molar-refractivity contribution in [2.75, 3.05) is 71.0 Å². The van der Waals surface area contributed by atoms with Crippen LogP contribution in [0.15, 0.2) is 42.5 Å². The number of piperidine rings is 1. The van der Waals surface area contributed by atoms with Gasteiger partial charge in [-0.25, -0.2) is 4.39 Å². The van der Waals surface area contributed by atoms with Crippen molar-refractivity contribution in [2.45, 2.75) is 37.9 Å². The first-order valence-corrected chi connectivity index (χ1v) is 13.2. The lowest BCUT2D eigenvalue weighted by molar-refractivity contribution is -0.138. The molecule has 0 spiro atoms. The third-order valence-electron chi connectivity index (χ3n) is 7.70. The van der Waals surface area contributed by atoms with Gasteiger partial charge in [0, 0.05) is 46.4 Å². The second kappa shape index (κ2) is 12.0. The van der Waals surface area contributed by atoms with Crippen molar-refractivity contribution in [2.24, 2.45) is 0 Å². The number of carbonyl (C=O) groups excluding carboxylic acids is 1. The minimum atomic E-state index is -1.34. The van der Waals surface area contributed by atoms with Crippen LogP contribution in [0.1, 0.15) is 24.0 Å². The monoisotopic (exact) mass is 529 g/mol. The van der Waals surface area contributed by atoms with Gasteiger partial charge < -0.3 is 29.5 Å². The highest BCUT2D eigenvalue weighted by Gasteiger charge is 2.41. The zero-order chi connectivity index (χ0) is 27.3. The number of hydrogen-bond acceptors (Lipinski definition) is 7. The summed E-state index contributed by atoms with van der Waals surface area (Å²) in [7, 11) is 1.47. The van der Waals surface area contributed by atoms with E-state index in [1.165, 1.54) is 13.2 Å². The molecule has 0 aromatic heterocycles. The van der Waals surface area contributed by atoms with Crippen LogP contribution < -0.4 is 9.64 Å². The number of benzene rings is 2. The summed E-state index contributed by atoms with van der Waals surface area (Å²) in [5.41, 5.74) is 0.473. The topological polar surface area (TPSA) is 85.7 Å². The maximum atomic E-state index is 14.3. The van der Waals surface area contributed by atoms with Gasteiger partial charge >= 0.3 is 0 Å². The van der Waals surface area contributed by atoms with Crippen molar-refractivity contribution in [3.8, 4) is 5.75 Å². The lowest BCUT2D eigenvalue weighted by Gasteiger charge is -2.42. The van der Waals surface area contributed by atoms with Crippen LogP contribution in [0.4, 0.5) is 10.1 Å². The van der Waals surface area contributed by atoms with E-state index < -0.39 is 11.2 Å². The highest BCUT2D eigenvalue weighted by molar-refractivity contribution is 5.77. The van der Waals surface area contributed by atoms with Gasteiger partial charge in [-0.05, 0) is 62.1 Å². The molecular formula is C29H40FN3O5. The molecule has 9 heteroatoms. The first-order chi connectivity index (χ1) is 18.1. The molecule has 2 aliphatic heterocycles. The van der Waals surface area contributed by atoms with Crippen LogP contribution in [0.5, 0.6) is 5.75 Å². The quantitative estimate of drug-likeness (QED) is 0.543. The lowest BCUT2D eigenvalue weighted by Crippen LogP contribution is -2.56. The molecule has 2 heterocycles. The molecule has 38 heavy (non-hydrogen) atoms. The van der Waals surface area contributed by atoms with Crippen molar-refractivity contribution in [3.05, 3.63) is 59.4 Å². The maximum absolute atomic E-state index is 14.3. The van der Waals surface area contributed by atoms with Gasteiger partial charge in [-0.3, -0.25) is 9.69 Å².